The molecule has 1 aromatic heterocycles. The quantitative estimate of drug-likeness (QED) is 0.577. The SMILES string of the molecule is CCc1ccc(NC(=O)CSc2nnc([C@H](C)Oc3ccccc3)n2C)cc1. The number of ether oxygens (including phenoxy) is 1. The highest BCUT2D eigenvalue weighted by molar-refractivity contribution is 7.99. The highest BCUT2D eigenvalue weighted by Crippen LogP contribution is 2.23. The first-order valence-corrected chi connectivity index (χ1v) is 10.2. The molecular formula is C21H24N4O2S. The molecule has 0 fully saturated rings. The number of benzene rings is 2. The molecule has 0 aliphatic carbocycles. The van der Waals surface area contributed by atoms with E-state index in [4.69, 9.17) is 4.74 Å². The summed E-state index contributed by atoms with van der Waals surface area (Å²) in [5.74, 6) is 1.67. The molecule has 0 aliphatic rings. The lowest BCUT2D eigenvalue weighted by molar-refractivity contribution is -0.113. The molecule has 6 nitrogen and oxygen atoms in total. The Balaban J connectivity index is 1.55. The van der Waals surface area contributed by atoms with Crippen molar-refractivity contribution in [2.75, 3.05) is 11.1 Å². The number of thioether (sulfide) groups is 1. The Morgan fingerprint density at radius 3 is 2.54 bits per heavy atom. The van der Waals surface area contributed by atoms with E-state index in [-0.39, 0.29) is 17.8 Å². The lowest BCUT2D eigenvalue weighted by atomic mass is 10.1. The number of carbonyl (C=O) groups excluding carboxylic acids is 1. The van der Waals surface area contributed by atoms with Crippen LogP contribution in [0.3, 0.4) is 0 Å². The van der Waals surface area contributed by atoms with Gasteiger partial charge in [0.05, 0.1) is 5.75 Å². The number of aromatic nitrogens is 3. The van der Waals surface area contributed by atoms with Crippen molar-refractivity contribution < 1.29 is 9.53 Å². The fraction of sp³-hybridized carbons (Fsp3) is 0.286. The Bertz CT molecular complexity index is 910. The van der Waals surface area contributed by atoms with Crippen LogP contribution in [-0.2, 0) is 18.3 Å². The van der Waals surface area contributed by atoms with Gasteiger partial charge >= 0.3 is 0 Å². The Hall–Kier alpha value is -2.80. The van der Waals surface area contributed by atoms with Crippen molar-refractivity contribution in [2.24, 2.45) is 7.05 Å². The van der Waals surface area contributed by atoms with E-state index in [1.54, 1.807) is 0 Å². The molecule has 146 valence electrons. The van der Waals surface area contributed by atoms with Crippen molar-refractivity contribution >= 4 is 23.4 Å². The molecule has 0 saturated carbocycles. The zero-order valence-corrected chi connectivity index (χ0v) is 17.1. The van der Waals surface area contributed by atoms with Crippen LogP contribution in [0.1, 0.15) is 31.3 Å². The topological polar surface area (TPSA) is 69.0 Å². The minimum Gasteiger partial charge on any atom is -0.483 e. The van der Waals surface area contributed by atoms with E-state index in [1.807, 2.05) is 73.1 Å². The first kappa shape index (κ1) is 19.9. The molecule has 2 aromatic carbocycles. The lowest BCUT2D eigenvalue weighted by Crippen LogP contribution is -2.15. The van der Waals surface area contributed by atoms with Gasteiger partial charge in [-0.1, -0.05) is 49.0 Å². The van der Waals surface area contributed by atoms with Crippen LogP contribution < -0.4 is 10.1 Å². The number of rotatable bonds is 8. The van der Waals surface area contributed by atoms with Crippen molar-refractivity contribution in [1.29, 1.82) is 0 Å². The first-order chi connectivity index (χ1) is 13.6. The maximum Gasteiger partial charge on any atom is 0.234 e. The number of aryl methyl sites for hydroxylation is 1. The van der Waals surface area contributed by atoms with Gasteiger partial charge in [-0.2, -0.15) is 0 Å². The van der Waals surface area contributed by atoms with Crippen molar-refractivity contribution in [2.45, 2.75) is 31.5 Å². The molecule has 1 heterocycles. The van der Waals surface area contributed by atoms with Crippen molar-refractivity contribution in [3.8, 4) is 5.75 Å². The highest BCUT2D eigenvalue weighted by Gasteiger charge is 2.18. The number of nitrogens with zero attached hydrogens (tertiary/aromatic N) is 3. The monoisotopic (exact) mass is 396 g/mol. The van der Waals surface area contributed by atoms with Gasteiger partial charge in [-0.25, -0.2) is 0 Å². The molecule has 0 bridgehead atoms. The van der Waals surface area contributed by atoms with Gasteiger partial charge in [0.15, 0.2) is 17.1 Å². The Morgan fingerprint density at radius 2 is 1.86 bits per heavy atom. The molecule has 1 atom stereocenters. The van der Waals surface area contributed by atoms with Gasteiger partial charge < -0.3 is 14.6 Å². The van der Waals surface area contributed by atoms with Gasteiger partial charge in [0.1, 0.15) is 5.75 Å². The predicted molar refractivity (Wildman–Crippen MR) is 112 cm³/mol. The van der Waals surface area contributed by atoms with Crippen LogP contribution >= 0.6 is 11.8 Å². The second-order valence-electron chi connectivity index (χ2n) is 6.36. The van der Waals surface area contributed by atoms with Crippen LogP contribution in [0.2, 0.25) is 0 Å². The molecule has 1 amide bonds. The third-order valence-corrected chi connectivity index (χ3v) is 5.29. The van der Waals surface area contributed by atoms with Gasteiger partial charge in [0, 0.05) is 12.7 Å². The van der Waals surface area contributed by atoms with Crippen molar-refractivity contribution in [1.82, 2.24) is 14.8 Å². The lowest BCUT2D eigenvalue weighted by Gasteiger charge is -2.14. The first-order valence-electron chi connectivity index (χ1n) is 9.19. The van der Waals surface area contributed by atoms with Crippen LogP contribution in [0.15, 0.2) is 59.8 Å². The zero-order chi connectivity index (χ0) is 19.9. The third kappa shape index (κ3) is 5.13. The highest BCUT2D eigenvalue weighted by atomic mass is 32.2. The molecule has 7 heteroatoms. The van der Waals surface area contributed by atoms with Crippen LogP contribution in [0.5, 0.6) is 5.75 Å². The molecule has 0 radical (unpaired) electrons. The Morgan fingerprint density at radius 1 is 1.14 bits per heavy atom. The molecule has 0 spiro atoms. The van der Waals surface area contributed by atoms with E-state index in [0.29, 0.717) is 11.0 Å². The average Bonchev–Trinajstić information content (AvgIpc) is 3.08. The second kappa shape index (κ2) is 9.41. The molecule has 3 rings (SSSR count). The number of carbonyl (C=O) groups is 1. The summed E-state index contributed by atoms with van der Waals surface area (Å²) in [6.45, 7) is 4.03. The molecule has 0 saturated heterocycles. The summed E-state index contributed by atoms with van der Waals surface area (Å²) < 4.78 is 7.77. The van der Waals surface area contributed by atoms with E-state index in [0.717, 1.165) is 17.9 Å². The molecule has 0 unspecified atom stereocenters. The second-order valence-corrected chi connectivity index (χ2v) is 7.30. The number of hydrogen-bond donors (Lipinski definition) is 1. The maximum atomic E-state index is 12.2. The van der Waals surface area contributed by atoms with Gasteiger partial charge in [-0.05, 0) is 43.2 Å². The van der Waals surface area contributed by atoms with Crippen molar-refractivity contribution in [3.63, 3.8) is 0 Å². The van der Waals surface area contributed by atoms with Gasteiger partial charge in [0.2, 0.25) is 5.91 Å². The maximum absolute atomic E-state index is 12.2. The summed E-state index contributed by atoms with van der Waals surface area (Å²) in [7, 11) is 1.88. The molecule has 0 aliphatic heterocycles. The van der Waals surface area contributed by atoms with Crippen LogP contribution in [-0.4, -0.2) is 26.4 Å². The van der Waals surface area contributed by atoms with Gasteiger partial charge in [-0.3, -0.25) is 4.79 Å². The number of hydrogen-bond acceptors (Lipinski definition) is 5. The fourth-order valence-corrected chi connectivity index (χ4v) is 3.43. The van der Waals surface area contributed by atoms with Crippen LogP contribution in [0.25, 0.3) is 0 Å². The largest absolute Gasteiger partial charge is 0.483 e. The van der Waals surface area contributed by atoms with Crippen LogP contribution in [0, 0.1) is 0 Å². The minimum atomic E-state index is -0.250. The smallest absolute Gasteiger partial charge is 0.234 e. The molecule has 3 aromatic rings. The minimum absolute atomic E-state index is 0.0765. The van der Waals surface area contributed by atoms with E-state index >= 15 is 0 Å². The fourth-order valence-electron chi connectivity index (χ4n) is 2.71. The average molecular weight is 397 g/mol. The van der Waals surface area contributed by atoms with E-state index in [1.165, 1.54) is 17.3 Å². The Kier molecular flexibility index (Phi) is 6.71. The predicted octanol–water partition coefficient (Wildman–Crippen LogP) is 4.25. The third-order valence-electron chi connectivity index (χ3n) is 4.27. The van der Waals surface area contributed by atoms with E-state index < -0.39 is 0 Å². The number of anilines is 1. The summed E-state index contributed by atoms with van der Waals surface area (Å²) >= 11 is 1.35. The van der Waals surface area contributed by atoms with Gasteiger partial charge in [-0.15, -0.1) is 10.2 Å². The number of amides is 1. The van der Waals surface area contributed by atoms with E-state index in [2.05, 4.69) is 22.4 Å². The summed E-state index contributed by atoms with van der Waals surface area (Å²) in [6.07, 6.45) is 0.727. The molecule has 1 N–H and O–H groups in total. The summed E-state index contributed by atoms with van der Waals surface area (Å²) in [4.78, 5) is 12.2. The summed E-state index contributed by atoms with van der Waals surface area (Å²) in [5, 5.41) is 12.0. The zero-order valence-electron chi connectivity index (χ0n) is 16.3. The van der Waals surface area contributed by atoms with Crippen molar-refractivity contribution in [3.05, 3.63) is 66.0 Å². The standard InChI is InChI=1S/C21H24N4O2S/c1-4-16-10-12-17(13-11-16)22-19(26)14-28-21-24-23-20(25(21)3)15(2)27-18-8-6-5-7-9-18/h5-13,15H,4,14H2,1-3H3,(H,22,26)/t15-/m0/s1. The summed E-state index contributed by atoms with van der Waals surface area (Å²) in [5.41, 5.74) is 2.04. The van der Waals surface area contributed by atoms with Gasteiger partial charge in [0.25, 0.3) is 0 Å². The molecular weight excluding hydrogens is 372 g/mol. The molecule has 28 heavy (non-hydrogen) atoms. The summed E-state index contributed by atoms with van der Waals surface area (Å²) in [6, 6.07) is 17.5. The van der Waals surface area contributed by atoms with Crippen LogP contribution in [0.4, 0.5) is 5.69 Å². The van der Waals surface area contributed by atoms with E-state index in [9.17, 15) is 4.79 Å². The number of para-hydroxylation sites is 1. The number of nitrogens with one attached hydrogen (secondary N) is 1. The Labute approximate surface area is 169 Å². The normalized spacial score (nSPS) is 11.8.